The van der Waals surface area contributed by atoms with Crippen LogP contribution in [0.3, 0.4) is 0 Å². The van der Waals surface area contributed by atoms with Crippen molar-refractivity contribution in [3.8, 4) is 0 Å². The van der Waals surface area contributed by atoms with Crippen LogP contribution in [0.2, 0.25) is 0 Å². The van der Waals surface area contributed by atoms with Gasteiger partial charge in [0.05, 0.1) is 16.5 Å². The first-order chi connectivity index (χ1) is 6.92. The summed E-state index contributed by atoms with van der Waals surface area (Å²) in [5.41, 5.74) is 0. The van der Waals surface area contributed by atoms with Crippen molar-refractivity contribution >= 4 is 29.1 Å². The molecular weight excluding hydrogens is 256 g/mol. The largest absolute Gasteiger partial charge is 0.361 e. The molecule has 0 aromatic rings. The molecule has 0 bridgehead atoms. The number of rotatable bonds is 5. The van der Waals surface area contributed by atoms with Gasteiger partial charge in [-0.25, -0.2) is 0 Å². The van der Waals surface area contributed by atoms with Gasteiger partial charge in [0.15, 0.2) is 0 Å². The normalized spacial score (nSPS) is 19.8. The van der Waals surface area contributed by atoms with Crippen LogP contribution in [-0.4, -0.2) is 41.6 Å². The Morgan fingerprint density at radius 3 is 2.60 bits per heavy atom. The summed E-state index contributed by atoms with van der Waals surface area (Å²) in [5.74, 6) is 0.790. The zero-order valence-corrected chi connectivity index (χ0v) is 11.2. The zero-order chi connectivity index (χ0) is 11.5. The van der Waals surface area contributed by atoms with E-state index in [-0.39, 0.29) is 0 Å². The molecule has 1 atom stereocenters. The summed E-state index contributed by atoms with van der Waals surface area (Å²) in [6.45, 7) is 2.69. The second kappa shape index (κ2) is 5.33. The minimum Gasteiger partial charge on any atom is -0.361 e. The van der Waals surface area contributed by atoms with Gasteiger partial charge >= 0.3 is 9.15 Å². The van der Waals surface area contributed by atoms with Gasteiger partial charge in [0.2, 0.25) is 0 Å². The third-order valence-corrected chi connectivity index (χ3v) is 9.27. The highest BCUT2D eigenvalue weighted by atomic mass is 33.5. The summed E-state index contributed by atoms with van der Waals surface area (Å²) < 4.78 is 32.4. The SMILES string of the molecule is CCC[SH](SS(=O)(=O)O)N1C=CN(C)C1. The number of thiol groups is 1. The fraction of sp³-hybridized carbons (Fsp3) is 0.714. The van der Waals surface area contributed by atoms with Gasteiger partial charge in [0, 0.05) is 25.2 Å². The Morgan fingerprint density at radius 1 is 1.53 bits per heavy atom. The highest BCUT2D eigenvalue weighted by Gasteiger charge is 2.21. The summed E-state index contributed by atoms with van der Waals surface area (Å²) in [5, 5.41) is 0. The van der Waals surface area contributed by atoms with Crippen molar-refractivity contribution in [2.45, 2.75) is 13.3 Å². The van der Waals surface area contributed by atoms with E-state index in [4.69, 9.17) is 4.55 Å². The van der Waals surface area contributed by atoms with Crippen LogP contribution in [0.15, 0.2) is 12.4 Å². The molecule has 1 N–H and O–H groups in total. The first kappa shape index (κ1) is 13.0. The summed E-state index contributed by atoms with van der Waals surface area (Å²) in [6, 6.07) is 0. The van der Waals surface area contributed by atoms with E-state index in [1.165, 1.54) is 0 Å². The Bertz CT molecular complexity index is 330. The molecule has 0 spiro atoms. The fourth-order valence-corrected chi connectivity index (χ4v) is 8.13. The predicted octanol–water partition coefficient (Wildman–Crippen LogP) is 1.44. The molecule has 0 saturated heterocycles. The molecule has 0 radical (unpaired) electrons. The van der Waals surface area contributed by atoms with Crippen molar-refractivity contribution in [1.82, 2.24) is 9.21 Å². The summed E-state index contributed by atoms with van der Waals surface area (Å²) in [7, 11) is -2.25. The van der Waals surface area contributed by atoms with Crippen LogP contribution < -0.4 is 0 Å². The van der Waals surface area contributed by atoms with E-state index in [1.807, 2.05) is 35.6 Å². The molecule has 15 heavy (non-hydrogen) atoms. The molecule has 8 heteroatoms. The topological polar surface area (TPSA) is 60.9 Å². The molecule has 1 aliphatic heterocycles. The van der Waals surface area contributed by atoms with Gasteiger partial charge in [-0.05, 0) is 6.42 Å². The van der Waals surface area contributed by atoms with Gasteiger partial charge in [-0.1, -0.05) is 6.92 Å². The molecule has 1 heterocycles. The fourth-order valence-electron chi connectivity index (χ4n) is 1.17. The first-order valence-corrected chi connectivity index (χ1v) is 9.38. The lowest BCUT2D eigenvalue weighted by Gasteiger charge is -2.29. The van der Waals surface area contributed by atoms with Gasteiger partial charge in [-0.3, -0.25) is 4.55 Å². The standard InChI is InChI=1S/C7H16N2O3S3/c1-3-6-14(13-15(10,11)12)9-5-4-8(2)7-9/h4-5,14H,3,6-7H2,1-2H3,(H,10,11,12). The van der Waals surface area contributed by atoms with E-state index >= 15 is 0 Å². The van der Waals surface area contributed by atoms with Crippen molar-refractivity contribution in [2.75, 3.05) is 19.5 Å². The summed E-state index contributed by atoms with van der Waals surface area (Å²) in [4.78, 5) is 1.97. The van der Waals surface area contributed by atoms with Crippen molar-refractivity contribution in [1.29, 1.82) is 0 Å². The molecule has 1 rings (SSSR count). The van der Waals surface area contributed by atoms with Crippen molar-refractivity contribution < 1.29 is 13.0 Å². The van der Waals surface area contributed by atoms with Gasteiger partial charge in [-0.15, -0.1) is 10.1 Å². The van der Waals surface area contributed by atoms with Crippen LogP contribution in [0.25, 0.3) is 0 Å². The van der Waals surface area contributed by atoms with Crippen LogP contribution in [0.4, 0.5) is 0 Å². The molecule has 90 valence electrons. The van der Waals surface area contributed by atoms with Crippen LogP contribution in [0.1, 0.15) is 13.3 Å². The molecule has 0 aromatic heterocycles. The van der Waals surface area contributed by atoms with E-state index in [9.17, 15) is 8.42 Å². The zero-order valence-electron chi connectivity index (χ0n) is 8.70. The van der Waals surface area contributed by atoms with Gasteiger partial charge in [-0.2, -0.15) is 8.42 Å². The maximum atomic E-state index is 10.8. The predicted molar refractivity (Wildman–Crippen MR) is 66.9 cm³/mol. The highest BCUT2D eigenvalue weighted by molar-refractivity contribution is 9.10. The lowest BCUT2D eigenvalue weighted by atomic mass is 10.6. The third kappa shape index (κ3) is 4.54. The van der Waals surface area contributed by atoms with E-state index in [2.05, 4.69) is 0 Å². The number of nitrogens with zero attached hydrogens (tertiary/aromatic N) is 2. The van der Waals surface area contributed by atoms with E-state index < -0.39 is 19.3 Å². The van der Waals surface area contributed by atoms with Crippen LogP contribution >= 0.6 is 19.9 Å². The third-order valence-electron chi connectivity index (χ3n) is 1.74. The average molecular weight is 272 g/mol. The Balaban J connectivity index is 2.62. The van der Waals surface area contributed by atoms with Crippen LogP contribution in [0, 0.1) is 0 Å². The second-order valence-corrected chi connectivity index (χ2v) is 10.2. The first-order valence-electron chi connectivity index (χ1n) is 4.52. The van der Waals surface area contributed by atoms with E-state index in [0.717, 1.165) is 12.2 Å². The lowest BCUT2D eigenvalue weighted by Crippen LogP contribution is -2.20. The molecular formula is C7H16N2O3S3. The Hall–Kier alpha value is -0.0500. The monoisotopic (exact) mass is 272 g/mol. The number of hydrogen-bond donors (Lipinski definition) is 2. The van der Waals surface area contributed by atoms with Gasteiger partial charge in [0.1, 0.15) is 0 Å². The summed E-state index contributed by atoms with van der Waals surface area (Å²) >= 11 is 0. The second-order valence-electron chi connectivity index (χ2n) is 3.21. The minimum atomic E-state index is -3.95. The van der Waals surface area contributed by atoms with Crippen molar-refractivity contribution in [3.63, 3.8) is 0 Å². The molecule has 0 aromatic carbocycles. The number of hydrogen-bond acceptors (Lipinski definition) is 5. The summed E-state index contributed by atoms with van der Waals surface area (Å²) in [6.07, 6.45) is 4.68. The van der Waals surface area contributed by atoms with Crippen LogP contribution in [0.5, 0.6) is 0 Å². The Labute approximate surface area is 96.5 Å². The van der Waals surface area contributed by atoms with Crippen molar-refractivity contribution in [3.05, 3.63) is 12.4 Å². The average Bonchev–Trinajstić information content (AvgIpc) is 2.48. The van der Waals surface area contributed by atoms with E-state index in [0.29, 0.717) is 16.5 Å². The van der Waals surface area contributed by atoms with E-state index in [1.54, 1.807) is 0 Å². The molecule has 0 aliphatic carbocycles. The minimum absolute atomic E-state index is 0.666. The van der Waals surface area contributed by atoms with Gasteiger partial charge in [0.25, 0.3) is 0 Å². The maximum Gasteiger partial charge on any atom is 0.329 e. The molecule has 5 nitrogen and oxygen atoms in total. The van der Waals surface area contributed by atoms with Crippen LogP contribution in [-0.2, 0) is 9.15 Å². The molecule has 0 amide bonds. The Kier molecular flexibility index (Phi) is 4.63. The molecule has 1 aliphatic rings. The molecule has 1 unspecified atom stereocenters. The highest BCUT2D eigenvalue weighted by Crippen LogP contribution is 2.48. The quantitative estimate of drug-likeness (QED) is 0.449. The van der Waals surface area contributed by atoms with Crippen molar-refractivity contribution in [2.24, 2.45) is 0 Å². The molecule has 0 saturated carbocycles. The van der Waals surface area contributed by atoms with Gasteiger partial charge < -0.3 is 9.21 Å². The smallest absolute Gasteiger partial charge is 0.329 e. The Morgan fingerprint density at radius 2 is 2.20 bits per heavy atom. The lowest BCUT2D eigenvalue weighted by molar-refractivity contribution is 0.409. The molecule has 0 fully saturated rings. The maximum absolute atomic E-state index is 10.8.